The van der Waals surface area contributed by atoms with Crippen molar-refractivity contribution in [3.8, 4) is 0 Å². The number of halogens is 1. The highest BCUT2D eigenvalue weighted by Gasteiger charge is 2.13. The molecule has 0 radical (unpaired) electrons. The molecule has 0 saturated carbocycles. The fourth-order valence-electron chi connectivity index (χ4n) is 2.52. The number of aryl methyl sites for hydroxylation is 2. The van der Waals surface area contributed by atoms with E-state index in [1.165, 1.54) is 36.7 Å². The lowest BCUT2D eigenvalue weighted by Crippen LogP contribution is -2.16. The maximum absolute atomic E-state index is 13.2. The van der Waals surface area contributed by atoms with Gasteiger partial charge in [-0.05, 0) is 55.3 Å². The average Bonchev–Trinajstić information content (AvgIpc) is 2.65. The van der Waals surface area contributed by atoms with Gasteiger partial charge in [0.1, 0.15) is 5.82 Å². The number of anilines is 2. The van der Waals surface area contributed by atoms with Crippen LogP contribution in [0.25, 0.3) is 0 Å². The molecule has 0 saturated heterocycles. The summed E-state index contributed by atoms with van der Waals surface area (Å²) in [6.07, 6.45) is 2.74. The van der Waals surface area contributed by atoms with E-state index in [1.807, 2.05) is 32.0 Å². The third-order valence-corrected chi connectivity index (χ3v) is 3.99. The molecule has 136 valence electrons. The van der Waals surface area contributed by atoms with Crippen molar-refractivity contribution in [2.45, 2.75) is 13.8 Å². The van der Waals surface area contributed by atoms with E-state index in [0.29, 0.717) is 11.4 Å². The van der Waals surface area contributed by atoms with Gasteiger partial charge in [0, 0.05) is 23.8 Å². The number of nitrogens with zero attached hydrogens (tertiary/aromatic N) is 1. The molecule has 0 atom stereocenters. The molecular formula is C21H18FN3O2. The second kappa shape index (κ2) is 7.78. The molecule has 0 aliphatic carbocycles. The van der Waals surface area contributed by atoms with Gasteiger partial charge in [0.25, 0.3) is 11.8 Å². The molecule has 6 heteroatoms. The first-order chi connectivity index (χ1) is 12.9. The van der Waals surface area contributed by atoms with Gasteiger partial charge in [0.15, 0.2) is 0 Å². The van der Waals surface area contributed by atoms with Crippen LogP contribution in [0.3, 0.4) is 0 Å². The molecular weight excluding hydrogens is 345 g/mol. The molecule has 0 aliphatic rings. The summed E-state index contributed by atoms with van der Waals surface area (Å²) >= 11 is 0. The van der Waals surface area contributed by atoms with Crippen LogP contribution >= 0.6 is 0 Å². The first kappa shape index (κ1) is 18.3. The molecule has 2 N–H and O–H groups in total. The largest absolute Gasteiger partial charge is 0.322 e. The van der Waals surface area contributed by atoms with Crippen molar-refractivity contribution in [3.05, 3.63) is 89.0 Å². The van der Waals surface area contributed by atoms with Gasteiger partial charge >= 0.3 is 0 Å². The molecule has 0 bridgehead atoms. The number of carbonyl (C=O) groups excluding carboxylic acids is 2. The Bertz CT molecular complexity index is 1020. The lowest BCUT2D eigenvalue weighted by Gasteiger charge is -2.10. The fourth-order valence-corrected chi connectivity index (χ4v) is 2.52. The van der Waals surface area contributed by atoms with E-state index in [9.17, 15) is 14.0 Å². The number of hydrogen-bond donors (Lipinski definition) is 2. The van der Waals surface area contributed by atoms with Gasteiger partial charge in [0.2, 0.25) is 0 Å². The first-order valence-corrected chi connectivity index (χ1v) is 8.33. The van der Waals surface area contributed by atoms with E-state index < -0.39 is 11.7 Å². The number of rotatable bonds is 4. The number of pyridine rings is 1. The van der Waals surface area contributed by atoms with Crippen molar-refractivity contribution in [2.24, 2.45) is 0 Å². The summed E-state index contributed by atoms with van der Waals surface area (Å²) < 4.78 is 13.2. The number of aromatic nitrogens is 1. The predicted molar refractivity (Wildman–Crippen MR) is 102 cm³/mol. The minimum atomic E-state index is -0.477. The molecule has 3 rings (SSSR count). The monoisotopic (exact) mass is 363 g/mol. The van der Waals surface area contributed by atoms with Crippen LogP contribution in [0.4, 0.5) is 15.8 Å². The Hall–Kier alpha value is -3.54. The highest BCUT2D eigenvalue weighted by Crippen LogP contribution is 2.18. The Morgan fingerprint density at radius 3 is 2.30 bits per heavy atom. The average molecular weight is 363 g/mol. The van der Waals surface area contributed by atoms with Crippen molar-refractivity contribution in [3.63, 3.8) is 0 Å². The van der Waals surface area contributed by atoms with Gasteiger partial charge in [-0.25, -0.2) is 4.39 Å². The summed E-state index contributed by atoms with van der Waals surface area (Å²) in [5.74, 6) is -1.29. The van der Waals surface area contributed by atoms with Crippen LogP contribution in [0.5, 0.6) is 0 Å². The molecule has 0 fully saturated rings. The van der Waals surface area contributed by atoms with E-state index in [-0.39, 0.29) is 17.0 Å². The molecule has 0 spiro atoms. The Morgan fingerprint density at radius 1 is 0.889 bits per heavy atom. The van der Waals surface area contributed by atoms with Crippen LogP contribution in [0.15, 0.2) is 60.9 Å². The summed E-state index contributed by atoms with van der Waals surface area (Å²) in [5, 5.41) is 5.41. The Balaban J connectivity index is 1.77. The third kappa shape index (κ3) is 4.55. The van der Waals surface area contributed by atoms with Gasteiger partial charge in [0.05, 0.1) is 11.1 Å². The van der Waals surface area contributed by atoms with E-state index in [2.05, 4.69) is 15.6 Å². The molecule has 0 aliphatic heterocycles. The zero-order chi connectivity index (χ0) is 19.4. The number of nitrogens with one attached hydrogen (secondary N) is 2. The summed E-state index contributed by atoms with van der Waals surface area (Å²) in [6, 6.07) is 12.8. The van der Waals surface area contributed by atoms with Crippen LogP contribution in [-0.4, -0.2) is 16.8 Å². The van der Waals surface area contributed by atoms with Gasteiger partial charge in [-0.15, -0.1) is 0 Å². The summed E-state index contributed by atoms with van der Waals surface area (Å²) in [4.78, 5) is 28.8. The molecule has 27 heavy (non-hydrogen) atoms. The zero-order valence-electron chi connectivity index (χ0n) is 14.9. The van der Waals surface area contributed by atoms with Crippen LogP contribution in [-0.2, 0) is 0 Å². The third-order valence-electron chi connectivity index (χ3n) is 3.99. The van der Waals surface area contributed by atoms with E-state index in [4.69, 9.17) is 0 Å². The summed E-state index contributed by atoms with van der Waals surface area (Å²) in [6.45, 7) is 3.84. The highest BCUT2D eigenvalue weighted by atomic mass is 19.1. The molecule has 1 aromatic heterocycles. The normalized spacial score (nSPS) is 10.3. The number of benzene rings is 2. The first-order valence-electron chi connectivity index (χ1n) is 8.33. The van der Waals surface area contributed by atoms with E-state index in [0.717, 1.165) is 11.1 Å². The summed E-state index contributed by atoms with van der Waals surface area (Å²) in [5.41, 5.74) is 3.44. The topological polar surface area (TPSA) is 71.1 Å². The van der Waals surface area contributed by atoms with Gasteiger partial charge in [-0.3, -0.25) is 14.6 Å². The lowest BCUT2D eigenvalue weighted by molar-refractivity contribution is 0.102. The zero-order valence-corrected chi connectivity index (χ0v) is 14.9. The molecule has 2 aromatic carbocycles. The molecule has 5 nitrogen and oxygen atoms in total. The van der Waals surface area contributed by atoms with Crippen molar-refractivity contribution >= 4 is 23.2 Å². The van der Waals surface area contributed by atoms with Crippen LogP contribution in [0.2, 0.25) is 0 Å². The second-order valence-corrected chi connectivity index (χ2v) is 6.20. The maximum Gasteiger partial charge on any atom is 0.257 e. The number of carbonyl (C=O) groups is 2. The van der Waals surface area contributed by atoms with Gasteiger partial charge in [-0.1, -0.05) is 18.2 Å². The molecule has 2 amide bonds. The number of hydrogen-bond acceptors (Lipinski definition) is 3. The smallest absolute Gasteiger partial charge is 0.257 e. The Morgan fingerprint density at radius 2 is 1.59 bits per heavy atom. The standard InChI is InChI=1S/C21H18FN3O2/c1-13-6-7-14(2)19(8-13)25-21(27)16-9-15(11-23-12-16)20(26)24-18-5-3-4-17(22)10-18/h3-12H,1-2H3,(H,24,26)(H,25,27). The van der Waals surface area contributed by atoms with Crippen molar-refractivity contribution < 1.29 is 14.0 Å². The maximum atomic E-state index is 13.2. The SMILES string of the molecule is Cc1ccc(C)c(NC(=O)c2cncc(C(=O)Nc3cccc(F)c3)c2)c1. The molecule has 0 unspecified atom stereocenters. The molecule has 3 aromatic rings. The van der Waals surface area contributed by atoms with E-state index in [1.54, 1.807) is 6.07 Å². The summed E-state index contributed by atoms with van der Waals surface area (Å²) in [7, 11) is 0. The Kier molecular flexibility index (Phi) is 5.26. The van der Waals surface area contributed by atoms with Crippen LogP contribution in [0, 0.1) is 19.7 Å². The predicted octanol–water partition coefficient (Wildman–Crippen LogP) is 4.34. The van der Waals surface area contributed by atoms with Gasteiger partial charge < -0.3 is 10.6 Å². The van der Waals surface area contributed by atoms with Crippen molar-refractivity contribution in [1.82, 2.24) is 4.98 Å². The molecule has 1 heterocycles. The minimum absolute atomic E-state index is 0.202. The lowest BCUT2D eigenvalue weighted by atomic mass is 10.1. The fraction of sp³-hybridized carbons (Fsp3) is 0.0952. The quantitative estimate of drug-likeness (QED) is 0.724. The van der Waals surface area contributed by atoms with Crippen molar-refractivity contribution in [2.75, 3.05) is 10.6 Å². The second-order valence-electron chi connectivity index (χ2n) is 6.20. The highest BCUT2D eigenvalue weighted by molar-refractivity contribution is 6.08. The Labute approximate surface area is 156 Å². The minimum Gasteiger partial charge on any atom is -0.322 e. The van der Waals surface area contributed by atoms with Crippen molar-refractivity contribution in [1.29, 1.82) is 0 Å². The van der Waals surface area contributed by atoms with Crippen LogP contribution < -0.4 is 10.6 Å². The van der Waals surface area contributed by atoms with E-state index >= 15 is 0 Å². The number of amides is 2. The van der Waals surface area contributed by atoms with Gasteiger partial charge in [-0.2, -0.15) is 0 Å². The van der Waals surface area contributed by atoms with Crippen LogP contribution in [0.1, 0.15) is 31.8 Å².